The average Bonchev–Trinajstić information content (AvgIpc) is 2.91. The number of rotatable bonds is 7. The van der Waals surface area contributed by atoms with Crippen LogP contribution in [-0.4, -0.2) is 53.8 Å². The largest absolute Gasteiger partial charge is 0.478 e. The van der Waals surface area contributed by atoms with Crippen LogP contribution in [0.3, 0.4) is 0 Å². The molecule has 1 N–H and O–H groups in total. The van der Waals surface area contributed by atoms with Gasteiger partial charge in [0.05, 0.1) is 0 Å². The van der Waals surface area contributed by atoms with Crippen molar-refractivity contribution in [2.45, 2.75) is 0 Å². The van der Waals surface area contributed by atoms with Gasteiger partial charge in [-0.15, -0.1) is 12.4 Å². The summed E-state index contributed by atoms with van der Waals surface area (Å²) < 4.78 is 0. The van der Waals surface area contributed by atoms with Crippen LogP contribution < -0.4 is 4.90 Å². The van der Waals surface area contributed by atoms with Crippen molar-refractivity contribution in [2.75, 3.05) is 31.1 Å². The fourth-order valence-corrected chi connectivity index (χ4v) is 3.92. The molecule has 0 bridgehead atoms. The van der Waals surface area contributed by atoms with Crippen molar-refractivity contribution in [3.63, 3.8) is 0 Å². The zero-order valence-corrected chi connectivity index (χ0v) is 20.4. The lowest BCUT2D eigenvalue weighted by molar-refractivity contribution is -0.131. The number of benzene rings is 3. The Morgan fingerprint density at radius 1 is 0.667 bits per heavy atom. The smallest absolute Gasteiger partial charge is 0.328 e. The van der Waals surface area contributed by atoms with Crippen molar-refractivity contribution >= 4 is 47.9 Å². The van der Waals surface area contributed by atoms with Gasteiger partial charge in [-0.2, -0.15) is 0 Å². The molecule has 3 aromatic rings. The molecule has 1 aliphatic heterocycles. The molecule has 3 aromatic carbocycles. The Bertz CT molecular complexity index is 1240. The first-order valence-electron chi connectivity index (χ1n) is 11.4. The maximum atomic E-state index is 12.6. The molecule has 4 rings (SSSR count). The van der Waals surface area contributed by atoms with E-state index in [1.807, 2.05) is 71.6 Å². The Hall–Kier alpha value is -4.16. The second-order valence-corrected chi connectivity index (χ2v) is 8.23. The van der Waals surface area contributed by atoms with Crippen LogP contribution >= 0.6 is 12.4 Å². The van der Waals surface area contributed by atoms with E-state index in [9.17, 15) is 14.4 Å². The van der Waals surface area contributed by atoms with Crippen LogP contribution in [0.1, 0.15) is 31.8 Å². The predicted molar refractivity (Wildman–Crippen MR) is 145 cm³/mol. The molecule has 1 heterocycles. The number of halogens is 1. The van der Waals surface area contributed by atoms with Gasteiger partial charge in [-0.05, 0) is 59.7 Å². The Morgan fingerprint density at radius 2 is 1.22 bits per heavy atom. The number of carboxylic acids is 1. The summed E-state index contributed by atoms with van der Waals surface area (Å²) in [5.74, 6) is -1.03. The normalized spacial score (nSPS) is 13.6. The van der Waals surface area contributed by atoms with Crippen LogP contribution in [-0.2, 0) is 4.79 Å². The summed E-state index contributed by atoms with van der Waals surface area (Å²) in [6.45, 7) is 2.79. The van der Waals surface area contributed by atoms with E-state index in [-0.39, 0.29) is 24.1 Å². The molecule has 0 unspecified atom stereocenters. The molecule has 36 heavy (non-hydrogen) atoms. The third-order valence-electron chi connectivity index (χ3n) is 5.89. The zero-order chi connectivity index (χ0) is 24.6. The number of aliphatic carboxylic acids is 1. The fraction of sp³-hybridized carbons (Fsp3) is 0.138. The minimum absolute atomic E-state index is 0. The van der Waals surface area contributed by atoms with Crippen LogP contribution in [0.15, 0.2) is 91.0 Å². The Kier molecular flexibility index (Phi) is 9.19. The van der Waals surface area contributed by atoms with Gasteiger partial charge >= 0.3 is 5.97 Å². The van der Waals surface area contributed by atoms with Crippen LogP contribution in [0.5, 0.6) is 0 Å². The van der Waals surface area contributed by atoms with Crippen LogP contribution in [0, 0.1) is 0 Å². The average molecular weight is 503 g/mol. The van der Waals surface area contributed by atoms with Gasteiger partial charge in [-0.25, -0.2) is 4.79 Å². The first-order chi connectivity index (χ1) is 17.0. The third kappa shape index (κ3) is 6.93. The molecule has 184 valence electrons. The van der Waals surface area contributed by atoms with E-state index in [1.165, 1.54) is 12.2 Å². The second kappa shape index (κ2) is 12.5. The first kappa shape index (κ1) is 26.4. The molecule has 1 fully saturated rings. The minimum atomic E-state index is -0.994. The highest BCUT2D eigenvalue weighted by molar-refractivity contribution is 6.07. The Balaban J connectivity index is 0.00000361. The minimum Gasteiger partial charge on any atom is -0.478 e. The van der Waals surface area contributed by atoms with Gasteiger partial charge in [0.15, 0.2) is 5.78 Å². The third-order valence-corrected chi connectivity index (χ3v) is 5.89. The fourth-order valence-electron chi connectivity index (χ4n) is 3.92. The number of allylic oxidation sites excluding steroid dienone is 1. The maximum Gasteiger partial charge on any atom is 0.328 e. The molecular weight excluding hydrogens is 476 g/mol. The lowest BCUT2D eigenvalue weighted by atomic mass is 10.1. The van der Waals surface area contributed by atoms with E-state index in [1.54, 1.807) is 18.2 Å². The summed E-state index contributed by atoms with van der Waals surface area (Å²) in [7, 11) is 0. The molecule has 0 saturated carbocycles. The van der Waals surface area contributed by atoms with E-state index < -0.39 is 5.97 Å². The number of amides is 1. The van der Waals surface area contributed by atoms with E-state index in [4.69, 9.17) is 5.11 Å². The van der Waals surface area contributed by atoms with E-state index >= 15 is 0 Å². The molecule has 1 amide bonds. The molecule has 0 aromatic heterocycles. The second-order valence-electron chi connectivity index (χ2n) is 8.23. The van der Waals surface area contributed by atoms with Crippen LogP contribution in [0.25, 0.3) is 12.2 Å². The van der Waals surface area contributed by atoms with Gasteiger partial charge in [0.1, 0.15) is 0 Å². The molecule has 0 radical (unpaired) electrons. The van der Waals surface area contributed by atoms with Gasteiger partial charge in [0, 0.05) is 49.1 Å². The summed E-state index contributed by atoms with van der Waals surface area (Å²) in [5.41, 5.74) is 3.97. The summed E-state index contributed by atoms with van der Waals surface area (Å²) in [6, 6.07) is 24.1. The number of carboxylic acid groups (broad SMARTS) is 1. The predicted octanol–water partition coefficient (Wildman–Crippen LogP) is 5.06. The van der Waals surface area contributed by atoms with Crippen LogP contribution in [0.2, 0.25) is 0 Å². The number of hydrogen-bond acceptors (Lipinski definition) is 4. The molecule has 6 nitrogen and oxygen atoms in total. The van der Waals surface area contributed by atoms with Crippen LogP contribution in [0.4, 0.5) is 5.69 Å². The highest BCUT2D eigenvalue weighted by Gasteiger charge is 2.22. The number of nitrogens with zero attached hydrogens (tertiary/aromatic N) is 2. The first-order valence-corrected chi connectivity index (χ1v) is 11.4. The molecule has 1 aliphatic rings. The Labute approximate surface area is 216 Å². The van der Waals surface area contributed by atoms with Gasteiger partial charge in [-0.1, -0.05) is 48.5 Å². The maximum absolute atomic E-state index is 12.6. The molecule has 0 aliphatic carbocycles. The van der Waals surface area contributed by atoms with E-state index in [0.29, 0.717) is 24.2 Å². The SMILES string of the molecule is Cl.O=C(O)C=Cc1ccc(C=CC(=O)c2ccc(N3CCN(C(=O)c4ccccc4)CC3)cc2)cc1. The Morgan fingerprint density at radius 3 is 1.78 bits per heavy atom. The standard InChI is InChI=1S/C29H26N2O4.ClH/c32-27(16-10-22-6-8-23(9-7-22)11-17-28(33)34)24-12-14-26(15-13-24)30-18-20-31(21-19-30)29(35)25-4-2-1-3-5-25;/h1-17H,18-21H2,(H,33,34);1H. The van der Waals surface area contributed by atoms with Crippen molar-refractivity contribution < 1.29 is 19.5 Å². The number of carbonyl (C=O) groups excluding carboxylic acids is 2. The summed E-state index contributed by atoms with van der Waals surface area (Å²) in [4.78, 5) is 39.9. The van der Waals surface area contributed by atoms with Crippen molar-refractivity contribution in [3.05, 3.63) is 113 Å². The topological polar surface area (TPSA) is 77.9 Å². The molecule has 7 heteroatoms. The summed E-state index contributed by atoms with van der Waals surface area (Å²) in [6.07, 6.45) is 5.88. The van der Waals surface area contributed by atoms with Crippen molar-refractivity contribution in [1.82, 2.24) is 4.90 Å². The summed E-state index contributed by atoms with van der Waals surface area (Å²) >= 11 is 0. The van der Waals surface area contributed by atoms with Crippen molar-refractivity contribution in [3.8, 4) is 0 Å². The van der Waals surface area contributed by atoms with Gasteiger partial charge in [-0.3, -0.25) is 9.59 Å². The number of ketones is 1. The van der Waals surface area contributed by atoms with E-state index in [0.717, 1.165) is 36.0 Å². The summed E-state index contributed by atoms with van der Waals surface area (Å²) in [5, 5.41) is 8.69. The molecule has 1 saturated heterocycles. The van der Waals surface area contributed by atoms with Crippen molar-refractivity contribution in [1.29, 1.82) is 0 Å². The number of anilines is 1. The van der Waals surface area contributed by atoms with Gasteiger partial charge in [0.25, 0.3) is 5.91 Å². The number of hydrogen-bond donors (Lipinski definition) is 1. The number of piperazine rings is 1. The lowest BCUT2D eigenvalue weighted by Gasteiger charge is -2.36. The van der Waals surface area contributed by atoms with Gasteiger partial charge < -0.3 is 14.9 Å². The highest BCUT2D eigenvalue weighted by Crippen LogP contribution is 2.19. The molecule has 0 spiro atoms. The lowest BCUT2D eigenvalue weighted by Crippen LogP contribution is -2.48. The zero-order valence-electron chi connectivity index (χ0n) is 19.6. The van der Waals surface area contributed by atoms with E-state index in [2.05, 4.69) is 4.90 Å². The van der Waals surface area contributed by atoms with Gasteiger partial charge in [0.2, 0.25) is 0 Å². The number of carbonyl (C=O) groups is 3. The highest BCUT2D eigenvalue weighted by atomic mass is 35.5. The molecular formula is C29H27ClN2O4. The quantitative estimate of drug-likeness (QED) is 0.361. The monoisotopic (exact) mass is 502 g/mol. The molecule has 0 atom stereocenters. The van der Waals surface area contributed by atoms with Crippen molar-refractivity contribution in [2.24, 2.45) is 0 Å².